The van der Waals surface area contributed by atoms with Crippen LogP contribution in [0.25, 0.3) is 0 Å². The molecule has 0 aromatic heterocycles. The van der Waals surface area contributed by atoms with Gasteiger partial charge >= 0.3 is 0 Å². The fourth-order valence-corrected chi connectivity index (χ4v) is 7.10. The van der Waals surface area contributed by atoms with Crippen molar-refractivity contribution in [2.24, 2.45) is 29.6 Å². The van der Waals surface area contributed by atoms with Gasteiger partial charge in [0, 0.05) is 24.5 Å². The highest BCUT2D eigenvalue weighted by atomic mass is 19.1. The summed E-state index contributed by atoms with van der Waals surface area (Å²) in [6.45, 7) is 3.35. The summed E-state index contributed by atoms with van der Waals surface area (Å²) in [5.74, 6) is 2.60. The molecule has 0 aromatic rings. The van der Waals surface area contributed by atoms with Crippen LogP contribution in [0.4, 0.5) is 4.39 Å². The molecular formula is C25H44FN3O2. The lowest BCUT2D eigenvalue weighted by atomic mass is 9.69. The number of nitrogens with one attached hydrogen (secondary N) is 2. The molecule has 31 heavy (non-hydrogen) atoms. The molecule has 1 aliphatic heterocycles. The zero-order chi connectivity index (χ0) is 22.0. The molecule has 1 saturated heterocycles. The van der Waals surface area contributed by atoms with Gasteiger partial charge in [-0.25, -0.2) is 4.39 Å². The highest BCUT2D eigenvalue weighted by Crippen LogP contribution is 2.41. The van der Waals surface area contributed by atoms with E-state index < -0.39 is 12.3 Å². The predicted molar refractivity (Wildman–Crippen MR) is 121 cm³/mol. The van der Waals surface area contributed by atoms with Crippen LogP contribution in [0.3, 0.4) is 0 Å². The number of fused-ring (bicyclic) bond motifs is 1. The van der Waals surface area contributed by atoms with E-state index in [-0.39, 0.29) is 23.9 Å². The minimum atomic E-state index is -0.826. The smallest absolute Gasteiger partial charge is 0.251 e. The van der Waals surface area contributed by atoms with Crippen LogP contribution in [-0.2, 0) is 9.63 Å². The number of rotatable bonds is 5. The Hall–Kier alpha value is -0.720. The third-order valence-electron chi connectivity index (χ3n) is 8.74. The number of hydrogen-bond donors (Lipinski definition) is 2. The first-order valence-corrected chi connectivity index (χ1v) is 12.9. The molecule has 178 valence electrons. The first-order valence-electron chi connectivity index (χ1n) is 12.9. The van der Waals surface area contributed by atoms with Crippen LogP contribution < -0.4 is 10.8 Å². The molecule has 9 unspecified atom stereocenters. The van der Waals surface area contributed by atoms with Gasteiger partial charge in [-0.2, -0.15) is 5.48 Å². The van der Waals surface area contributed by atoms with E-state index in [0.717, 1.165) is 37.0 Å². The second-order valence-electron chi connectivity index (χ2n) is 11.4. The van der Waals surface area contributed by atoms with Crippen molar-refractivity contribution in [1.29, 1.82) is 0 Å². The molecule has 4 rings (SSSR count). The summed E-state index contributed by atoms with van der Waals surface area (Å²) < 4.78 is 14.5. The summed E-state index contributed by atoms with van der Waals surface area (Å²) in [5, 5.41) is 3.29. The molecule has 3 aliphatic carbocycles. The average Bonchev–Trinajstić information content (AvgIpc) is 2.76. The zero-order valence-electron chi connectivity index (χ0n) is 19.8. The van der Waals surface area contributed by atoms with Gasteiger partial charge in [-0.3, -0.25) is 9.63 Å². The maximum absolute atomic E-state index is 14.5. The summed E-state index contributed by atoms with van der Waals surface area (Å²) >= 11 is 0. The number of nitrogens with zero attached hydrogens (tertiary/aromatic N) is 1. The third kappa shape index (κ3) is 5.80. The summed E-state index contributed by atoms with van der Waals surface area (Å²) in [5.41, 5.74) is 3.05. The van der Waals surface area contributed by atoms with Crippen molar-refractivity contribution in [1.82, 2.24) is 15.7 Å². The maximum atomic E-state index is 14.5. The number of carbonyl (C=O) groups is 1. The van der Waals surface area contributed by atoms with Crippen LogP contribution in [0.1, 0.15) is 77.6 Å². The van der Waals surface area contributed by atoms with Gasteiger partial charge < -0.3 is 10.2 Å². The van der Waals surface area contributed by atoms with Gasteiger partial charge in [-0.1, -0.05) is 32.6 Å². The van der Waals surface area contributed by atoms with Crippen molar-refractivity contribution in [3.8, 4) is 0 Å². The second kappa shape index (κ2) is 10.5. The fraction of sp³-hybridized carbons (Fsp3) is 0.960. The monoisotopic (exact) mass is 437 g/mol. The second-order valence-corrected chi connectivity index (χ2v) is 11.4. The van der Waals surface area contributed by atoms with E-state index >= 15 is 0 Å². The molecule has 9 atom stereocenters. The molecule has 3 saturated carbocycles. The van der Waals surface area contributed by atoms with Crippen molar-refractivity contribution in [3.63, 3.8) is 0 Å². The van der Waals surface area contributed by atoms with Crippen molar-refractivity contribution < 1.29 is 14.0 Å². The molecule has 0 radical (unpaired) electrons. The molecule has 5 nitrogen and oxygen atoms in total. The van der Waals surface area contributed by atoms with E-state index in [1.54, 1.807) is 0 Å². The fourth-order valence-electron chi connectivity index (χ4n) is 7.10. The van der Waals surface area contributed by atoms with Gasteiger partial charge in [0.25, 0.3) is 5.91 Å². The van der Waals surface area contributed by atoms with Gasteiger partial charge in [0.15, 0.2) is 6.10 Å². The van der Waals surface area contributed by atoms with Crippen LogP contribution in [0.2, 0.25) is 0 Å². The largest absolute Gasteiger partial charge is 0.351 e. The number of hydroxylamine groups is 1. The summed E-state index contributed by atoms with van der Waals surface area (Å²) in [7, 11) is 4.36. The number of alkyl halides is 1. The first-order chi connectivity index (χ1) is 14.9. The molecule has 0 aromatic carbocycles. The molecule has 4 aliphatic rings. The average molecular weight is 438 g/mol. The standard InChI is InChI=1S/C25H44FN3O2/c1-16-10-11-22(26)21-14-23(31-28-24(16)21)25(30)27-20-9-5-8-19(13-20)18-7-4-6-17(12-18)15-29(2)3/h16-24,28H,4-15H2,1-3H3,(H,27,30). The molecule has 4 fully saturated rings. The van der Waals surface area contributed by atoms with E-state index in [1.165, 1.54) is 45.1 Å². The third-order valence-corrected chi connectivity index (χ3v) is 8.74. The molecular weight excluding hydrogens is 393 g/mol. The maximum Gasteiger partial charge on any atom is 0.251 e. The van der Waals surface area contributed by atoms with E-state index in [1.807, 2.05) is 0 Å². The SMILES string of the molecule is CC1CCC(F)C2CC(C(=O)NC3CCCC(C4CCCC(CN(C)C)C4)C3)ONC12. The lowest BCUT2D eigenvalue weighted by Gasteiger charge is -2.44. The van der Waals surface area contributed by atoms with Gasteiger partial charge in [0.1, 0.15) is 6.17 Å². The Labute approximate surface area is 188 Å². The summed E-state index contributed by atoms with van der Waals surface area (Å²) in [6, 6.07) is 0.279. The lowest BCUT2D eigenvalue weighted by molar-refractivity contribution is -0.164. The number of carbonyl (C=O) groups excluding carboxylic acids is 1. The van der Waals surface area contributed by atoms with Gasteiger partial charge in [0.2, 0.25) is 0 Å². The van der Waals surface area contributed by atoms with Gasteiger partial charge in [-0.15, -0.1) is 0 Å². The van der Waals surface area contributed by atoms with Gasteiger partial charge in [-0.05, 0) is 82.7 Å². The predicted octanol–water partition coefficient (Wildman–Crippen LogP) is 4.08. The minimum Gasteiger partial charge on any atom is -0.351 e. The number of hydrogen-bond acceptors (Lipinski definition) is 4. The minimum absolute atomic E-state index is 0.0354. The van der Waals surface area contributed by atoms with Crippen molar-refractivity contribution >= 4 is 5.91 Å². The first kappa shape index (κ1) is 23.4. The Morgan fingerprint density at radius 1 is 1.03 bits per heavy atom. The topological polar surface area (TPSA) is 53.6 Å². The number of amides is 1. The molecule has 0 spiro atoms. The Kier molecular flexibility index (Phi) is 7.92. The summed E-state index contributed by atoms with van der Waals surface area (Å²) in [6.07, 6.45) is 10.7. The van der Waals surface area contributed by atoms with E-state index in [4.69, 9.17) is 4.84 Å². The van der Waals surface area contributed by atoms with Crippen LogP contribution in [0.15, 0.2) is 0 Å². The zero-order valence-corrected chi connectivity index (χ0v) is 19.8. The Balaban J connectivity index is 1.28. The van der Waals surface area contributed by atoms with Crippen LogP contribution >= 0.6 is 0 Å². The lowest BCUT2D eigenvalue weighted by Crippen LogP contribution is -2.58. The molecule has 2 N–H and O–H groups in total. The highest BCUT2D eigenvalue weighted by Gasteiger charge is 2.44. The van der Waals surface area contributed by atoms with Crippen molar-refractivity contribution in [2.75, 3.05) is 20.6 Å². The molecule has 0 bridgehead atoms. The van der Waals surface area contributed by atoms with Crippen LogP contribution in [0.5, 0.6) is 0 Å². The quantitative estimate of drug-likeness (QED) is 0.681. The van der Waals surface area contributed by atoms with E-state index in [2.05, 4.69) is 36.7 Å². The van der Waals surface area contributed by atoms with E-state index in [9.17, 15) is 9.18 Å². The normalized spacial score (nSPS) is 44.0. The number of halogens is 1. The van der Waals surface area contributed by atoms with E-state index in [0.29, 0.717) is 18.8 Å². The van der Waals surface area contributed by atoms with Crippen molar-refractivity contribution in [2.45, 2.75) is 102 Å². The van der Waals surface area contributed by atoms with Crippen LogP contribution in [-0.4, -0.2) is 55.8 Å². The van der Waals surface area contributed by atoms with Crippen molar-refractivity contribution in [3.05, 3.63) is 0 Å². The van der Waals surface area contributed by atoms with Gasteiger partial charge in [0.05, 0.1) is 0 Å². The molecule has 6 heteroatoms. The highest BCUT2D eigenvalue weighted by molar-refractivity contribution is 5.81. The summed E-state index contributed by atoms with van der Waals surface area (Å²) in [4.78, 5) is 21.0. The Morgan fingerprint density at radius 3 is 2.55 bits per heavy atom. The molecule has 1 heterocycles. The Bertz CT molecular complexity index is 603. The van der Waals surface area contributed by atoms with Crippen LogP contribution in [0, 0.1) is 29.6 Å². The molecule has 1 amide bonds. The Morgan fingerprint density at radius 2 is 1.77 bits per heavy atom.